The number of hydrogen-bond donors (Lipinski definition) is 3. The lowest BCUT2D eigenvalue weighted by molar-refractivity contribution is 0.133. The molecule has 0 aliphatic heterocycles. The zero-order valence-electron chi connectivity index (χ0n) is 18.5. The second-order valence-corrected chi connectivity index (χ2v) is 7.53. The van der Waals surface area contributed by atoms with Gasteiger partial charge in [-0.1, -0.05) is 25.5 Å². The summed E-state index contributed by atoms with van der Waals surface area (Å²) in [6.45, 7) is 5.57. The number of aliphatic hydroxyl groups excluding tert-OH is 1. The molecular formula is C22H32N6O3. The summed E-state index contributed by atoms with van der Waals surface area (Å²) in [5, 5.41) is 16.9. The average molecular weight is 429 g/mol. The lowest BCUT2D eigenvalue weighted by atomic mass is 10.1. The topological polar surface area (TPSA) is 120 Å². The summed E-state index contributed by atoms with van der Waals surface area (Å²) in [6, 6.07) is 6.34. The number of nitrogens with zero attached hydrogens (tertiary/aromatic N) is 4. The maximum Gasteiger partial charge on any atom is 0.336 e. The maximum absolute atomic E-state index is 9.27. The van der Waals surface area contributed by atoms with E-state index in [1.165, 1.54) is 0 Å². The Morgan fingerprint density at radius 1 is 1.29 bits per heavy atom. The van der Waals surface area contributed by atoms with Crippen molar-refractivity contribution >= 4 is 11.5 Å². The number of aryl methyl sites for hydroxylation is 1. The molecule has 2 aromatic heterocycles. The third kappa shape index (κ3) is 5.83. The summed E-state index contributed by atoms with van der Waals surface area (Å²) in [4.78, 5) is 8.63. The highest BCUT2D eigenvalue weighted by atomic mass is 16.5. The Morgan fingerprint density at radius 2 is 2.13 bits per heavy atom. The van der Waals surface area contributed by atoms with Crippen molar-refractivity contribution in [3.8, 4) is 11.8 Å². The molecule has 0 aliphatic rings. The number of fused-ring (bicyclic) bond motifs is 1. The molecule has 1 aromatic carbocycles. The van der Waals surface area contributed by atoms with E-state index in [-0.39, 0.29) is 24.5 Å². The van der Waals surface area contributed by atoms with E-state index in [1.807, 2.05) is 26.1 Å². The lowest BCUT2D eigenvalue weighted by Gasteiger charge is -2.16. The fourth-order valence-corrected chi connectivity index (χ4v) is 3.43. The molecule has 0 bridgehead atoms. The molecule has 4 N–H and O–H groups in total. The highest BCUT2D eigenvalue weighted by Gasteiger charge is 2.16. The average Bonchev–Trinajstić information content (AvgIpc) is 3.13. The zero-order valence-corrected chi connectivity index (χ0v) is 18.5. The van der Waals surface area contributed by atoms with Crippen LogP contribution in [0.4, 0.5) is 5.82 Å². The summed E-state index contributed by atoms with van der Waals surface area (Å²) in [7, 11) is 1.90. The van der Waals surface area contributed by atoms with Gasteiger partial charge in [0.05, 0.1) is 11.9 Å². The molecule has 0 amide bonds. The number of nitrogen functional groups attached to an aromatic ring is 1. The number of ether oxygens (including phenoxy) is 2. The van der Waals surface area contributed by atoms with Gasteiger partial charge in [0.15, 0.2) is 11.5 Å². The Labute approximate surface area is 182 Å². The van der Waals surface area contributed by atoms with Gasteiger partial charge in [-0.3, -0.25) is 0 Å². The van der Waals surface area contributed by atoms with Crippen molar-refractivity contribution in [2.24, 2.45) is 0 Å². The summed E-state index contributed by atoms with van der Waals surface area (Å²) in [5.41, 5.74) is 9.68. The van der Waals surface area contributed by atoms with E-state index < -0.39 is 0 Å². The number of aromatic nitrogens is 4. The van der Waals surface area contributed by atoms with Crippen molar-refractivity contribution in [2.45, 2.75) is 45.6 Å². The first-order valence-corrected chi connectivity index (χ1v) is 10.7. The number of nitrogens with one attached hydrogen (secondary N) is 1. The van der Waals surface area contributed by atoms with Crippen LogP contribution in [0.3, 0.4) is 0 Å². The van der Waals surface area contributed by atoms with Crippen LogP contribution >= 0.6 is 0 Å². The van der Waals surface area contributed by atoms with E-state index in [4.69, 9.17) is 15.2 Å². The standard InChI is InChI=1S/C22H32N6O3/c1-4-5-18(8-10-29)31-22-26-20(23)21-25-14-17(28(21)27-22)13-16-6-7-19(15(2)12-16)30-11-9-24-3/h6-7,12,14,18,24,29H,4-5,8-11,13H2,1-3H3,(H2,23,26,27)/t18-/m1/s1. The molecule has 0 aliphatic carbocycles. The van der Waals surface area contributed by atoms with Gasteiger partial charge in [0.2, 0.25) is 0 Å². The number of likely N-dealkylation sites (N-methyl/N-ethyl adjacent to an activating group) is 1. The minimum Gasteiger partial charge on any atom is -0.492 e. The number of hydrogen-bond acceptors (Lipinski definition) is 8. The van der Waals surface area contributed by atoms with Gasteiger partial charge in [0.1, 0.15) is 18.5 Å². The molecule has 31 heavy (non-hydrogen) atoms. The smallest absolute Gasteiger partial charge is 0.336 e. The Kier molecular flexibility index (Phi) is 8.02. The third-order valence-corrected chi connectivity index (χ3v) is 5.01. The molecule has 0 spiro atoms. The van der Waals surface area contributed by atoms with Gasteiger partial charge < -0.3 is 25.6 Å². The maximum atomic E-state index is 9.27. The van der Waals surface area contributed by atoms with E-state index in [0.29, 0.717) is 25.1 Å². The van der Waals surface area contributed by atoms with Gasteiger partial charge in [0, 0.05) is 26.0 Å². The van der Waals surface area contributed by atoms with Gasteiger partial charge >= 0.3 is 6.01 Å². The second kappa shape index (κ2) is 10.9. The van der Waals surface area contributed by atoms with Gasteiger partial charge in [-0.25, -0.2) is 9.50 Å². The fraction of sp³-hybridized carbons (Fsp3) is 0.500. The highest BCUT2D eigenvalue weighted by Crippen LogP contribution is 2.22. The van der Waals surface area contributed by atoms with Crippen LogP contribution in [0.5, 0.6) is 11.8 Å². The minimum absolute atomic E-state index is 0.0483. The van der Waals surface area contributed by atoms with Gasteiger partial charge in [-0.05, 0) is 37.6 Å². The molecule has 0 radical (unpaired) electrons. The molecule has 0 fully saturated rings. The Hall–Kier alpha value is -2.91. The van der Waals surface area contributed by atoms with Crippen LogP contribution in [-0.2, 0) is 6.42 Å². The van der Waals surface area contributed by atoms with E-state index in [2.05, 4.69) is 33.4 Å². The van der Waals surface area contributed by atoms with Crippen LogP contribution in [0.2, 0.25) is 0 Å². The predicted octanol–water partition coefficient (Wildman–Crippen LogP) is 2.13. The summed E-state index contributed by atoms with van der Waals surface area (Å²) in [5.74, 6) is 1.14. The summed E-state index contributed by atoms with van der Waals surface area (Å²) >= 11 is 0. The van der Waals surface area contributed by atoms with Crippen LogP contribution in [0, 0.1) is 6.92 Å². The van der Waals surface area contributed by atoms with Crippen LogP contribution in [-0.4, -0.2) is 57.6 Å². The van der Waals surface area contributed by atoms with E-state index in [0.717, 1.165) is 42.0 Å². The van der Waals surface area contributed by atoms with Gasteiger partial charge in [0.25, 0.3) is 0 Å². The molecule has 0 saturated heterocycles. The van der Waals surface area contributed by atoms with Gasteiger partial charge in [-0.2, -0.15) is 4.98 Å². The van der Waals surface area contributed by atoms with Crippen molar-refractivity contribution in [1.29, 1.82) is 0 Å². The second-order valence-electron chi connectivity index (χ2n) is 7.53. The normalized spacial score (nSPS) is 12.3. The zero-order chi connectivity index (χ0) is 22.2. The molecule has 0 unspecified atom stereocenters. The number of nitrogens with two attached hydrogens (primary N) is 1. The molecule has 1 atom stereocenters. The predicted molar refractivity (Wildman–Crippen MR) is 120 cm³/mol. The van der Waals surface area contributed by atoms with Crippen molar-refractivity contribution < 1.29 is 14.6 Å². The van der Waals surface area contributed by atoms with Crippen LogP contribution in [0.25, 0.3) is 5.65 Å². The molecule has 168 valence electrons. The fourth-order valence-electron chi connectivity index (χ4n) is 3.43. The first kappa shape index (κ1) is 22.8. The van der Waals surface area contributed by atoms with E-state index in [1.54, 1.807) is 10.7 Å². The molecule has 3 aromatic rings. The molecule has 0 saturated carbocycles. The monoisotopic (exact) mass is 428 g/mol. The Morgan fingerprint density at radius 3 is 2.84 bits per heavy atom. The number of imidazole rings is 1. The third-order valence-electron chi connectivity index (χ3n) is 5.01. The summed E-state index contributed by atoms with van der Waals surface area (Å²) < 4.78 is 13.4. The Bertz CT molecular complexity index is 985. The van der Waals surface area contributed by atoms with E-state index in [9.17, 15) is 5.11 Å². The number of anilines is 1. The number of rotatable bonds is 12. The van der Waals surface area contributed by atoms with Crippen LogP contribution < -0.4 is 20.5 Å². The molecule has 9 nitrogen and oxygen atoms in total. The van der Waals surface area contributed by atoms with Crippen molar-refractivity contribution in [3.05, 3.63) is 41.2 Å². The van der Waals surface area contributed by atoms with Crippen molar-refractivity contribution in [2.75, 3.05) is 32.5 Å². The number of benzene rings is 1. The molecule has 2 heterocycles. The van der Waals surface area contributed by atoms with Crippen LogP contribution in [0.15, 0.2) is 24.4 Å². The molecule has 3 rings (SSSR count). The van der Waals surface area contributed by atoms with Crippen molar-refractivity contribution in [1.82, 2.24) is 24.9 Å². The summed E-state index contributed by atoms with van der Waals surface area (Å²) in [6.07, 6.45) is 4.50. The van der Waals surface area contributed by atoms with Crippen molar-refractivity contribution in [3.63, 3.8) is 0 Å². The highest BCUT2D eigenvalue weighted by molar-refractivity contribution is 5.59. The van der Waals surface area contributed by atoms with Crippen LogP contribution in [0.1, 0.15) is 43.0 Å². The largest absolute Gasteiger partial charge is 0.492 e. The molecule has 9 heteroatoms. The SMILES string of the molecule is CCC[C@H](CCO)Oc1nc(N)c2ncc(Cc3ccc(OCCNC)c(C)c3)n2n1. The minimum atomic E-state index is -0.156. The molecular weight excluding hydrogens is 396 g/mol. The lowest BCUT2D eigenvalue weighted by Crippen LogP contribution is -2.20. The quantitative estimate of drug-likeness (QED) is 0.375. The number of aliphatic hydroxyl groups is 1. The Balaban J connectivity index is 1.81. The first-order chi connectivity index (χ1) is 15.0. The van der Waals surface area contributed by atoms with E-state index >= 15 is 0 Å². The van der Waals surface area contributed by atoms with Gasteiger partial charge in [-0.15, -0.1) is 5.10 Å². The first-order valence-electron chi connectivity index (χ1n) is 10.7.